The van der Waals surface area contributed by atoms with Gasteiger partial charge in [0.1, 0.15) is 22.0 Å². The minimum Gasteiger partial charge on any atom is -0.480 e. The molecule has 1 aliphatic rings. The summed E-state index contributed by atoms with van der Waals surface area (Å²) in [4.78, 5) is 25.2. The van der Waals surface area contributed by atoms with Crippen molar-refractivity contribution in [3.63, 3.8) is 0 Å². The van der Waals surface area contributed by atoms with Crippen molar-refractivity contribution in [2.45, 2.75) is 12.5 Å². The summed E-state index contributed by atoms with van der Waals surface area (Å²) in [5.74, 6) is -1.14. The van der Waals surface area contributed by atoms with Crippen molar-refractivity contribution >= 4 is 21.8 Å². The Kier molecular flexibility index (Phi) is 4.98. The molecule has 20 heavy (non-hydrogen) atoms. The molecule has 1 aliphatic heterocycles. The first-order valence-electron chi connectivity index (χ1n) is 6.06. The minimum absolute atomic E-state index is 0.0874. The number of carboxylic acids is 1. The smallest absolute Gasteiger partial charge is 0.329 e. The van der Waals surface area contributed by atoms with Crippen LogP contribution in [0.25, 0.3) is 0 Å². The van der Waals surface area contributed by atoms with Crippen LogP contribution >= 0.6 is 0 Å². The van der Waals surface area contributed by atoms with Gasteiger partial charge in [-0.3, -0.25) is 0 Å². The van der Waals surface area contributed by atoms with Crippen molar-refractivity contribution in [2.24, 2.45) is 0 Å². The first-order chi connectivity index (χ1) is 9.02. The molecule has 1 heterocycles. The third-order valence-electron chi connectivity index (χ3n) is 2.99. The highest BCUT2D eigenvalue weighted by Gasteiger charge is 2.43. The molecule has 1 fully saturated rings. The maximum absolute atomic E-state index is 12.0. The van der Waals surface area contributed by atoms with Gasteiger partial charge < -0.3 is 19.6 Å². The van der Waals surface area contributed by atoms with Crippen molar-refractivity contribution in [3.05, 3.63) is 0 Å². The second-order valence-corrected chi connectivity index (χ2v) is 7.58. The van der Waals surface area contributed by atoms with Crippen LogP contribution in [0.3, 0.4) is 0 Å². The molecule has 0 aliphatic carbocycles. The maximum Gasteiger partial charge on any atom is 0.329 e. The molecule has 0 aromatic carbocycles. The molecule has 0 bridgehead atoms. The molecule has 9 heteroatoms. The van der Waals surface area contributed by atoms with Crippen molar-refractivity contribution < 1.29 is 27.9 Å². The summed E-state index contributed by atoms with van der Waals surface area (Å²) >= 11 is 0. The van der Waals surface area contributed by atoms with Crippen LogP contribution in [-0.4, -0.2) is 86.2 Å². The van der Waals surface area contributed by atoms with Crippen LogP contribution in [0.15, 0.2) is 0 Å². The Hall–Kier alpha value is -1.35. The normalized spacial score (nSPS) is 17.4. The topological polar surface area (TPSA) is 104 Å². The van der Waals surface area contributed by atoms with Gasteiger partial charge in [0.05, 0.1) is 18.8 Å². The van der Waals surface area contributed by atoms with Gasteiger partial charge in [-0.25, -0.2) is 18.0 Å². The number of sulfone groups is 1. The molecular formula is C11H20N2O6S. The second-order valence-electron chi connectivity index (χ2n) is 5.32. The van der Waals surface area contributed by atoms with Gasteiger partial charge in [-0.05, 0) is 6.92 Å². The number of rotatable bonds is 6. The van der Waals surface area contributed by atoms with E-state index in [0.717, 1.165) is 6.26 Å². The van der Waals surface area contributed by atoms with E-state index in [1.54, 1.807) is 6.92 Å². The Morgan fingerprint density at radius 2 is 1.95 bits per heavy atom. The van der Waals surface area contributed by atoms with E-state index in [4.69, 9.17) is 9.84 Å². The van der Waals surface area contributed by atoms with E-state index in [2.05, 4.69) is 0 Å². The Morgan fingerprint density at radius 3 is 2.40 bits per heavy atom. The lowest BCUT2D eigenvalue weighted by molar-refractivity contribution is -0.160. The highest BCUT2D eigenvalue weighted by atomic mass is 32.2. The highest BCUT2D eigenvalue weighted by molar-refractivity contribution is 7.90. The molecule has 1 saturated heterocycles. The number of carboxylic acid groups (broad SMARTS) is 1. The van der Waals surface area contributed by atoms with Gasteiger partial charge in [-0.15, -0.1) is 0 Å². The van der Waals surface area contributed by atoms with E-state index in [-0.39, 0.29) is 18.3 Å². The summed E-state index contributed by atoms with van der Waals surface area (Å²) < 4.78 is 27.3. The molecule has 0 unspecified atom stereocenters. The number of likely N-dealkylation sites (tertiary alicyclic amines) is 1. The minimum atomic E-state index is -3.11. The van der Waals surface area contributed by atoms with Crippen LogP contribution < -0.4 is 0 Å². The zero-order chi connectivity index (χ0) is 15.6. The van der Waals surface area contributed by atoms with Gasteiger partial charge in [-0.2, -0.15) is 0 Å². The van der Waals surface area contributed by atoms with Crippen molar-refractivity contribution in [1.29, 1.82) is 0 Å². The molecule has 8 nitrogen and oxygen atoms in total. The predicted molar refractivity (Wildman–Crippen MR) is 71.3 cm³/mol. The predicted octanol–water partition coefficient (Wildman–Crippen LogP) is -0.742. The number of carbonyl (C=O) groups excluding carboxylic acids is 1. The molecule has 0 saturated carbocycles. The Bertz CT molecular complexity index is 483. The molecule has 2 amide bonds. The fourth-order valence-corrected chi connectivity index (χ4v) is 2.47. The monoisotopic (exact) mass is 308 g/mol. The quantitative estimate of drug-likeness (QED) is 0.693. The molecule has 0 aromatic heterocycles. The number of hydrogen-bond donors (Lipinski definition) is 1. The SMILES string of the molecule is CN(CCS(C)(=O)=O)C(=O)N1CC(C)(OCC(=O)O)C1. The van der Waals surface area contributed by atoms with E-state index in [1.165, 1.54) is 16.8 Å². The lowest BCUT2D eigenvalue weighted by Gasteiger charge is -2.48. The summed E-state index contributed by atoms with van der Waals surface area (Å²) in [7, 11) is -1.58. The van der Waals surface area contributed by atoms with Crippen LogP contribution in [0.5, 0.6) is 0 Å². The van der Waals surface area contributed by atoms with Crippen LogP contribution in [0.2, 0.25) is 0 Å². The molecule has 0 radical (unpaired) electrons. The molecular weight excluding hydrogens is 288 g/mol. The van der Waals surface area contributed by atoms with E-state index in [0.29, 0.717) is 13.1 Å². The van der Waals surface area contributed by atoms with Crippen LogP contribution in [0, 0.1) is 0 Å². The second kappa shape index (κ2) is 5.96. The summed E-state index contributed by atoms with van der Waals surface area (Å²) in [5, 5.41) is 8.54. The maximum atomic E-state index is 12.0. The van der Waals surface area contributed by atoms with E-state index >= 15 is 0 Å². The Labute approximate surface area is 118 Å². The average Bonchev–Trinajstić information content (AvgIpc) is 2.28. The van der Waals surface area contributed by atoms with Gasteiger partial charge in [0.15, 0.2) is 0 Å². The zero-order valence-corrected chi connectivity index (χ0v) is 12.6. The zero-order valence-electron chi connectivity index (χ0n) is 11.8. The van der Waals surface area contributed by atoms with E-state index < -0.39 is 28.0 Å². The van der Waals surface area contributed by atoms with Crippen molar-refractivity contribution in [2.75, 3.05) is 45.3 Å². The third-order valence-corrected chi connectivity index (χ3v) is 3.91. The van der Waals surface area contributed by atoms with Crippen molar-refractivity contribution in [3.8, 4) is 0 Å². The molecule has 1 rings (SSSR count). The summed E-state index contributed by atoms with van der Waals surface area (Å²) in [6, 6.07) is -0.287. The van der Waals surface area contributed by atoms with Gasteiger partial charge in [-0.1, -0.05) is 0 Å². The van der Waals surface area contributed by atoms with Gasteiger partial charge in [0, 0.05) is 19.8 Å². The van der Waals surface area contributed by atoms with Crippen molar-refractivity contribution in [1.82, 2.24) is 9.80 Å². The molecule has 116 valence electrons. The first kappa shape index (κ1) is 16.7. The van der Waals surface area contributed by atoms with Gasteiger partial charge in [0.2, 0.25) is 0 Å². The fourth-order valence-electron chi connectivity index (χ4n) is 1.86. The van der Waals surface area contributed by atoms with E-state index in [9.17, 15) is 18.0 Å². The molecule has 1 N–H and O–H groups in total. The highest BCUT2D eigenvalue weighted by Crippen LogP contribution is 2.25. The summed E-state index contributed by atoms with van der Waals surface area (Å²) in [6.45, 7) is 2.05. The number of aliphatic carboxylic acids is 1. The molecule has 0 aromatic rings. The first-order valence-corrected chi connectivity index (χ1v) is 8.12. The number of ether oxygens (including phenoxy) is 1. The number of carbonyl (C=O) groups is 2. The Morgan fingerprint density at radius 1 is 1.40 bits per heavy atom. The van der Waals surface area contributed by atoms with Crippen LogP contribution in [0.1, 0.15) is 6.92 Å². The number of nitrogens with zero attached hydrogens (tertiary/aromatic N) is 2. The Balaban J connectivity index is 2.39. The standard InChI is InChI=1S/C11H20N2O6S/c1-11(19-6-9(14)15)7-13(8-11)10(16)12(2)4-5-20(3,17)18/h4-8H2,1-3H3,(H,14,15). The lowest BCUT2D eigenvalue weighted by atomic mass is 9.97. The average molecular weight is 308 g/mol. The van der Waals surface area contributed by atoms with Gasteiger partial charge in [0.25, 0.3) is 0 Å². The fraction of sp³-hybridized carbons (Fsp3) is 0.818. The number of hydrogen-bond acceptors (Lipinski definition) is 5. The van der Waals surface area contributed by atoms with E-state index in [1.807, 2.05) is 0 Å². The summed E-state index contributed by atoms with van der Waals surface area (Å²) in [5.41, 5.74) is -0.647. The van der Waals surface area contributed by atoms with Crippen LogP contribution in [-0.2, 0) is 19.4 Å². The van der Waals surface area contributed by atoms with Crippen LogP contribution in [0.4, 0.5) is 4.79 Å². The third kappa shape index (κ3) is 4.97. The lowest BCUT2D eigenvalue weighted by Crippen LogP contribution is -2.65. The molecule has 0 spiro atoms. The molecule has 0 atom stereocenters. The summed E-state index contributed by atoms with van der Waals surface area (Å²) in [6.07, 6.45) is 1.12. The largest absolute Gasteiger partial charge is 0.480 e. The number of urea groups is 1. The number of amides is 2. The van der Waals surface area contributed by atoms with Gasteiger partial charge >= 0.3 is 12.0 Å².